The van der Waals surface area contributed by atoms with E-state index in [2.05, 4.69) is 10.6 Å². The third-order valence-corrected chi connectivity index (χ3v) is 15.3. The van der Waals surface area contributed by atoms with Crippen molar-refractivity contribution in [1.82, 2.24) is 5.32 Å². The quantitative estimate of drug-likeness (QED) is 0.0259. The molecule has 5 atom stereocenters. The molecule has 0 heterocycles. The highest BCUT2D eigenvalue weighted by Gasteiger charge is 2.39. The minimum atomic E-state index is -0.978. The van der Waals surface area contributed by atoms with Crippen LogP contribution in [0.2, 0.25) is 0 Å². The maximum atomic E-state index is 16.1. The number of ketones is 2. The summed E-state index contributed by atoms with van der Waals surface area (Å²) in [7, 11) is 4.58. The van der Waals surface area contributed by atoms with Crippen LogP contribution < -0.4 is 26.2 Å². The van der Waals surface area contributed by atoms with Gasteiger partial charge >= 0.3 is 0 Å². The van der Waals surface area contributed by atoms with Crippen LogP contribution in [0.15, 0.2) is 27.3 Å². The summed E-state index contributed by atoms with van der Waals surface area (Å²) in [5.41, 5.74) is 2.06. The molecule has 5 aromatic rings. The van der Waals surface area contributed by atoms with Crippen LogP contribution >= 0.6 is 0 Å². The van der Waals surface area contributed by atoms with Gasteiger partial charge in [-0.3, -0.25) is 24.0 Å². The molecule has 3 aliphatic rings. The molecule has 2 saturated carbocycles. The second-order valence-electron chi connectivity index (χ2n) is 19.5. The number of anilines is 1. The summed E-state index contributed by atoms with van der Waals surface area (Å²) >= 11 is 0. The van der Waals surface area contributed by atoms with Crippen molar-refractivity contribution < 1.29 is 53.4 Å². The highest BCUT2D eigenvalue weighted by Crippen LogP contribution is 2.56. The van der Waals surface area contributed by atoms with Gasteiger partial charge in [0.15, 0.2) is 22.4 Å². The summed E-state index contributed by atoms with van der Waals surface area (Å²) in [5, 5.41) is 44.1. The van der Waals surface area contributed by atoms with Gasteiger partial charge in [-0.05, 0) is 109 Å². The Bertz CT molecular complexity index is 2910. The Hall–Kier alpha value is -5.29. The monoisotopic (exact) mass is 964 g/mol. The van der Waals surface area contributed by atoms with Crippen molar-refractivity contribution in [2.24, 2.45) is 17.8 Å². The Morgan fingerprint density at radius 2 is 1.37 bits per heavy atom. The van der Waals surface area contributed by atoms with Crippen molar-refractivity contribution in [3.8, 4) is 11.5 Å². The van der Waals surface area contributed by atoms with Crippen LogP contribution in [-0.4, -0.2) is 106 Å². The van der Waals surface area contributed by atoms with E-state index in [1.54, 1.807) is 20.3 Å². The summed E-state index contributed by atoms with van der Waals surface area (Å²) in [6.07, 6.45) is 9.07. The largest absolute Gasteiger partial charge is 0.504 e. The number of carbonyl (C=O) groups excluding carboxylic acids is 3. The van der Waals surface area contributed by atoms with Gasteiger partial charge in [-0.15, -0.1) is 0 Å². The predicted octanol–water partition coefficient (Wildman–Crippen LogP) is 6.79. The van der Waals surface area contributed by atoms with E-state index in [9.17, 15) is 34.5 Å². The summed E-state index contributed by atoms with van der Waals surface area (Å²) in [5.74, 6) is -2.72. The summed E-state index contributed by atoms with van der Waals surface area (Å²) in [6.45, 7) is 4.97. The summed E-state index contributed by atoms with van der Waals surface area (Å²) in [4.78, 5) is 72.7. The normalized spacial score (nSPS) is 20.4. The minimum absolute atomic E-state index is 0.0478. The molecule has 8 rings (SSSR count). The van der Waals surface area contributed by atoms with Crippen LogP contribution in [0, 0.1) is 17.8 Å². The first-order valence-electron chi connectivity index (χ1n) is 25.0. The Morgan fingerprint density at radius 3 is 2.04 bits per heavy atom. The Labute approximate surface area is 407 Å². The maximum absolute atomic E-state index is 16.1. The fraction of sp³-hybridized carbons (Fsp3) is 0.545. The number of nitrogens with one attached hydrogen (secondary N) is 2. The van der Waals surface area contributed by atoms with Crippen LogP contribution in [-0.2, 0) is 53.0 Å². The summed E-state index contributed by atoms with van der Waals surface area (Å²) in [6, 6.07) is 2.60. The lowest BCUT2D eigenvalue weighted by atomic mass is 9.72. The average Bonchev–Trinajstić information content (AvgIpc) is 3.49. The first-order valence-corrected chi connectivity index (χ1v) is 25.0. The van der Waals surface area contributed by atoms with E-state index in [0.717, 1.165) is 25.7 Å². The average molecular weight is 965 g/mol. The molecule has 3 aliphatic carbocycles. The van der Waals surface area contributed by atoms with Gasteiger partial charge in [0.05, 0.1) is 76.0 Å². The second kappa shape index (κ2) is 22.4. The SMILES string of the molecule is COCCOCCCC(=O)C1CCCCC1Cc1c2c3c4c(c(OC)c(O)c5c(=O)cc(CO)c(c6c(CO)cc(NC7CCCCC7C(=O)NCCOCCOC)c(c1=O)c63)c54)C(C(C)=O)C(C)=C2. The Kier molecular flexibility index (Phi) is 16.4. The van der Waals surface area contributed by atoms with E-state index in [4.69, 9.17) is 23.7 Å². The van der Waals surface area contributed by atoms with Crippen molar-refractivity contribution in [2.75, 3.05) is 72.8 Å². The minimum Gasteiger partial charge on any atom is -0.504 e. The molecule has 70 heavy (non-hydrogen) atoms. The number of methoxy groups -OCH3 is 3. The zero-order chi connectivity index (χ0) is 49.8. The number of hydrogen-bond donors (Lipinski definition) is 5. The molecule has 5 unspecified atom stereocenters. The van der Waals surface area contributed by atoms with Crippen LogP contribution in [0.25, 0.3) is 49.2 Å². The van der Waals surface area contributed by atoms with Crippen molar-refractivity contribution in [3.05, 3.63) is 66.0 Å². The zero-order valence-corrected chi connectivity index (χ0v) is 41.2. The fourth-order valence-corrected chi connectivity index (χ4v) is 12.2. The number of benzene rings is 5. The van der Waals surface area contributed by atoms with E-state index in [-0.39, 0.29) is 57.9 Å². The van der Waals surface area contributed by atoms with Crippen LogP contribution in [0.3, 0.4) is 0 Å². The number of rotatable bonds is 23. The number of Topliss-reactive ketones (excluding diaryl/α,β-unsaturated/α-hetero) is 2. The number of amides is 1. The van der Waals surface area contributed by atoms with Crippen LogP contribution in [0.4, 0.5) is 5.69 Å². The lowest BCUT2D eigenvalue weighted by Crippen LogP contribution is -2.44. The number of phenols is 1. The molecule has 15 heteroatoms. The smallest absolute Gasteiger partial charge is 0.225 e. The van der Waals surface area contributed by atoms with Gasteiger partial charge in [0, 0.05) is 73.3 Å². The first kappa shape index (κ1) is 51.1. The Morgan fingerprint density at radius 1 is 0.729 bits per heavy atom. The van der Waals surface area contributed by atoms with Crippen LogP contribution in [0.5, 0.6) is 11.5 Å². The van der Waals surface area contributed by atoms with Gasteiger partial charge in [-0.25, -0.2) is 0 Å². The molecule has 0 radical (unpaired) electrons. The fourth-order valence-electron chi connectivity index (χ4n) is 12.2. The molecule has 376 valence electrons. The van der Waals surface area contributed by atoms with Gasteiger partial charge in [-0.1, -0.05) is 37.3 Å². The standard InChI is InChI=1S/C55H68N2O13/c1-29-23-36-37(24-31-11-6-7-12-34(31)40(61)15-10-17-69-21-19-66-3)52(63)46-39(57-38-14-9-8-13-35(38)55(65)56-16-18-70-22-20-67-4)25-32(27-58)43-44-33(28-59)26-41(62)47-49(44)50(45(36)48(43)46)51(42(29)30(2)60)54(68-5)53(47)64/h23,25-26,31,34-35,38,42,57-59,64H,6-22,24,27-28H2,1-5H3,(H,56,65). The van der Waals surface area contributed by atoms with Crippen LogP contribution in [0.1, 0.15) is 112 Å². The van der Waals surface area contributed by atoms with Crippen molar-refractivity contribution in [2.45, 2.75) is 110 Å². The van der Waals surface area contributed by atoms with Gasteiger partial charge in [0.1, 0.15) is 11.6 Å². The number of ether oxygens (including phenoxy) is 5. The molecule has 0 bridgehead atoms. The zero-order valence-electron chi connectivity index (χ0n) is 41.2. The number of fused-ring (bicyclic) bond motifs is 1. The number of aromatic hydroxyl groups is 1. The Balaban J connectivity index is 1.41. The molecule has 2 fully saturated rings. The molecular weight excluding hydrogens is 897 g/mol. The number of aliphatic hydroxyl groups excluding tert-OH is 2. The third-order valence-electron chi connectivity index (χ3n) is 15.3. The number of carbonyl (C=O) groups is 3. The highest BCUT2D eigenvalue weighted by molar-refractivity contribution is 6.39. The van der Waals surface area contributed by atoms with Gasteiger partial charge in [0.25, 0.3) is 0 Å². The maximum Gasteiger partial charge on any atom is 0.225 e. The van der Waals surface area contributed by atoms with Crippen molar-refractivity contribution in [3.63, 3.8) is 0 Å². The molecule has 0 saturated heterocycles. The first-order chi connectivity index (χ1) is 33.9. The van der Waals surface area contributed by atoms with E-state index < -0.39 is 42.3 Å². The predicted molar refractivity (Wildman–Crippen MR) is 270 cm³/mol. The van der Waals surface area contributed by atoms with E-state index in [1.807, 2.05) is 13.0 Å². The number of hydrogen-bond acceptors (Lipinski definition) is 14. The molecule has 0 aromatic heterocycles. The molecule has 1 amide bonds. The van der Waals surface area contributed by atoms with Crippen molar-refractivity contribution in [1.29, 1.82) is 0 Å². The second-order valence-corrected chi connectivity index (χ2v) is 19.5. The van der Waals surface area contributed by atoms with Gasteiger partial charge in [-0.2, -0.15) is 0 Å². The van der Waals surface area contributed by atoms with E-state index >= 15 is 4.79 Å². The molecule has 0 aliphatic heterocycles. The number of aliphatic hydroxyl groups is 2. The van der Waals surface area contributed by atoms with Gasteiger partial charge < -0.3 is 49.6 Å². The van der Waals surface area contributed by atoms with E-state index in [0.29, 0.717) is 156 Å². The molecular formula is C55H68N2O13. The number of phenolic OH excluding ortho intramolecular Hbond substituents is 1. The molecule has 15 nitrogen and oxygen atoms in total. The molecule has 5 N–H and O–H groups in total. The van der Waals surface area contributed by atoms with Crippen molar-refractivity contribution >= 4 is 72.3 Å². The van der Waals surface area contributed by atoms with Gasteiger partial charge in [0.2, 0.25) is 5.91 Å². The molecule has 5 aromatic carbocycles. The van der Waals surface area contributed by atoms with E-state index in [1.165, 1.54) is 20.1 Å². The summed E-state index contributed by atoms with van der Waals surface area (Å²) < 4.78 is 27.4. The lowest BCUT2D eigenvalue weighted by molar-refractivity contribution is -0.127. The topological polar surface area (TPSA) is 216 Å². The highest BCUT2D eigenvalue weighted by atomic mass is 16.5. The lowest BCUT2D eigenvalue weighted by Gasteiger charge is -2.33. The third kappa shape index (κ3) is 9.48. The molecule has 0 spiro atoms. The number of allylic oxidation sites excluding steroid dienone is 1.